The van der Waals surface area contributed by atoms with Crippen LogP contribution in [0.1, 0.15) is 27.2 Å². The van der Waals surface area contributed by atoms with E-state index in [2.05, 4.69) is 10.5 Å². The maximum atomic E-state index is 12.3. The summed E-state index contributed by atoms with van der Waals surface area (Å²) in [6.07, 6.45) is 0. The third kappa shape index (κ3) is 3.11. The highest BCUT2D eigenvalue weighted by Gasteiger charge is 2.13. The summed E-state index contributed by atoms with van der Waals surface area (Å²) in [5, 5.41) is 7.87. The zero-order valence-corrected chi connectivity index (χ0v) is 14.6. The van der Waals surface area contributed by atoms with Crippen LogP contribution < -0.4 is 5.32 Å². The van der Waals surface area contributed by atoms with Gasteiger partial charge in [-0.2, -0.15) is 0 Å². The van der Waals surface area contributed by atoms with Crippen LogP contribution in [0, 0.1) is 13.8 Å². The molecule has 5 nitrogen and oxygen atoms in total. The van der Waals surface area contributed by atoms with E-state index in [1.807, 2.05) is 62.4 Å². The molecule has 1 N–H and O–H groups in total. The Bertz CT molecular complexity index is 1060. The van der Waals surface area contributed by atoms with E-state index >= 15 is 0 Å². The SMILES string of the molecule is Cc1ccc(C(=O)NCc2cc(-c3cc4ccccc4o3)on2)cc1C. The Morgan fingerprint density at radius 2 is 1.85 bits per heavy atom. The van der Waals surface area contributed by atoms with Crippen LogP contribution in [0.2, 0.25) is 0 Å². The van der Waals surface area contributed by atoms with Gasteiger partial charge >= 0.3 is 0 Å². The molecule has 26 heavy (non-hydrogen) atoms. The first-order chi connectivity index (χ1) is 12.6. The minimum Gasteiger partial charge on any atom is -0.453 e. The molecule has 0 aliphatic heterocycles. The number of carbonyl (C=O) groups is 1. The predicted molar refractivity (Wildman–Crippen MR) is 98.8 cm³/mol. The second kappa shape index (κ2) is 6.52. The lowest BCUT2D eigenvalue weighted by molar-refractivity contribution is 0.0950. The van der Waals surface area contributed by atoms with Crippen molar-refractivity contribution in [3.05, 3.63) is 77.0 Å². The Balaban J connectivity index is 1.46. The predicted octanol–water partition coefficient (Wildman–Crippen LogP) is 4.63. The largest absolute Gasteiger partial charge is 0.453 e. The fourth-order valence-electron chi connectivity index (χ4n) is 2.77. The van der Waals surface area contributed by atoms with Gasteiger partial charge in [0.15, 0.2) is 5.76 Å². The van der Waals surface area contributed by atoms with Crippen molar-refractivity contribution in [3.63, 3.8) is 0 Å². The Hall–Kier alpha value is -3.34. The van der Waals surface area contributed by atoms with Gasteiger partial charge in [-0.05, 0) is 49.2 Å². The van der Waals surface area contributed by atoms with Gasteiger partial charge < -0.3 is 14.3 Å². The van der Waals surface area contributed by atoms with Gasteiger partial charge in [0.05, 0.1) is 6.54 Å². The molecule has 0 fully saturated rings. The van der Waals surface area contributed by atoms with Crippen LogP contribution in [0.5, 0.6) is 0 Å². The number of amides is 1. The summed E-state index contributed by atoms with van der Waals surface area (Å²) in [6, 6.07) is 17.1. The molecule has 5 heteroatoms. The molecule has 4 rings (SSSR count). The number of fused-ring (bicyclic) bond motifs is 1. The van der Waals surface area contributed by atoms with E-state index in [9.17, 15) is 4.79 Å². The fraction of sp³-hybridized carbons (Fsp3) is 0.143. The van der Waals surface area contributed by atoms with E-state index in [0.717, 1.165) is 22.1 Å². The number of nitrogens with zero attached hydrogens (tertiary/aromatic N) is 1. The van der Waals surface area contributed by atoms with Crippen molar-refractivity contribution in [2.45, 2.75) is 20.4 Å². The summed E-state index contributed by atoms with van der Waals surface area (Å²) >= 11 is 0. The number of rotatable bonds is 4. The normalized spacial score (nSPS) is 11.0. The molecule has 0 radical (unpaired) electrons. The Labute approximate surface area is 150 Å². The number of carbonyl (C=O) groups excluding carboxylic acids is 1. The Morgan fingerprint density at radius 1 is 1.00 bits per heavy atom. The fourth-order valence-corrected chi connectivity index (χ4v) is 2.77. The van der Waals surface area contributed by atoms with Crippen molar-refractivity contribution in [1.82, 2.24) is 10.5 Å². The molecular weight excluding hydrogens is 328 g/mol. The molecule has 4 aromatic rings. The quantitative estimate of drug-likeness (QED) is 0.585. The van der Waals surface area contributed by atoms with Gasteiger partial charge in [0, 0.05) is 17.0 Å². The summed E-state index contributed by atoms with van der Waals surface area (Å²) < 4.78 is 11.1. The number of aryl methyl sites for hydroxylation is 2. The molecule has 0 aliphatic rings. The molecular formula is C21H18N2O3. The van der Waals surface area contributed by atoms with Crippen molar-refractivity contribution >= 4 is 16.9 Å². The average molecular weight is 346 g/mol. The van der Waals surface area contributed by atoms with Crippen molar-refractivity contribution in [1.29, 1.82) is 0 Å². The first kappa shape index (κ1) is 16.1. The summed E-state index contributed by atoms with van der Waals surface area (Å²) in [7, 11) is 0. The van der Waals surface area contributed by atoms with Gasteiger partial charge in [-0.15, -0.1) is 0 Å². The van der Waals surface area contributed by atoms with Gasteiger partial charge in [0.25, 0.3) is 5.91 Å². The van der Waals surface area contributed by atoms with Gasteiger partial charge in [0.1, 0.15) is 11.3 Å². The molecule has 0 saturated carbocycles. The topological polar surface area (TPSA) is 68.3 Å². The monoisotopic (exact) mass is 346 g/mol. The molecule has 2 heterocycles. The first-order valence-electron chi connectivity index (χ1n) is 8.40. The Kier molecular flexibility index (Phi) is 4.05. The highest BCUT2D eigenvalue weighted by Crippen LogP contribution is 2.28. The summed E-state index contributed by atoms with van der Waals surface area (Å²) in [4.78, 5) is 12.3. The van der Waals surface area contributed by atoms with Gasteiger partial charge in [-0.3, -0.25) is 4.79 Å². The van der Waals surface area contributed by atoms with Crippen LogP contribution in [0.25, 0.3) is 22.5 Å². The molecule has 1 amide bonds. The summed E-state index contributed by atoms with van der Waals surface area (Å²) in [6.45, 7) is 4.30. The van der Waals surface area contributed by atoms with Crippen LogP contribution in [-0.2, 0) is 6.54 Å². The molecule has 0 saturated heterocycles. The third-order valence-electron chi connectivity index (χ3n) is 4.43. The number of para-hydroxylation sites is 1. The van der Waals surface area contributed by atoms with Crippen LogP contribution in [-0.4, -0.2) is 11.1 Å². The lowest BCUT2D eigenvalue weighted by Gasteiger charge is -2.05. The molecule has 130 valence electrons. The van der Waals surface area contributed by atoms with E-state index in [0.29, 0.717) is 22.8 Å². The van der Waals surface area contributed by atoms with Gasteiger partial charge in [-0.25, -0.2) is 0 Å². The van der Waals surface area contributed by atoms with E-state index < -0.39 is 0 Å². The zero-order chi connectivity index (χ0) is 18.1. The van der Waals surface area contributed by atoms with Crippen LogP contribution in [0.3, 0.4) is 0 Å². The molecule has 2 aromatic heterocycles. The third-order valence-corrected chi connectivity index (χ3v) is 4.43. The van der Waals surface area contributed by atoms with Gasteiger partial charge in [0.2, 0.25) is 5.76 Å². The second-order valence-corrected chi connectivity index (χ2v) is 6.31. The summed E-state index contributed by atoms with van der Waals surface area (Å²) in [5.41, 5.74) is 4.31. The lowest BCUT2D eigenvalue weighted by Crippen LogP contribution is -2.23. The number of hydrogen-bond acceptors (Lipinski definition) is 4. The van der Waals surface area contributed by atoms with Crippen LogP contribution in [0.15, 0.2) is 63.5 Å². The lowest BCUT2D eigenvalue weighted by atomic mass is 10.1. The first-order valence-corrected chi connectivity index (χ1v) is 8.40. The van der Waals surface area contributed by atoms with Crippen molar-refractivity contribution in [3.8, 4) is 11.5 Å². The maximum absolute atomic E-state index is 12.3. The number of benzene rings is 2. The summed E-state index contributed by atoms with van der Waals surface area (Å²) in [5.74, 6) is 1.02. The molecule has 0 aliphatic carbocycles. The molecule has 0 unspecified atom stereocenters. The highest BCUT2D eigenvalue weighted by molar-refractivity contribution is 5.94. The molecule has 0 bridgehead atoms. The smallest absolute Gasteiger partial charge is 0.251 e. The number of furan rings is 1. The molecule has 0 spiro atoms. The number of hydrogen-bond donors (Lipinski definition) is 1. The second-order valence-electron chi connectivity index (χ2n) is 6.31. The minimum atomic E-state index is -0.138. The van der Waals surface area contributed by atoms with Crippen molar-refractivity contribution in [2.24, 2.45) is 0 Å². The van der Waals surface area contributed by atoms with Gasteiger partial charge in [-0.1, -0.05) is 29.4 Å². The van der Waals surface area contributed by atoms with Crippen molar-refractivity contribution in [2.75, 3.05) is 0 Å². The Morgan fingerprint density at radius 3 is 2.65 bits per heavy atom. The van der Waals surface area contributed by atoms with E-state index in [1.54, 1.807) is 6.07 Å². The standard InChI is InChI=1S/C21H18N2O3/c1-13-7-8-16(9-14(13)2)21(24)22-12-17-11-20(26-23-17)19-10-15-5-3-4-6-18(15)25-19/h3-11H,12H2,1-2H3,(H,22,24). The number of aromatic nitrogens is 1. The van der Waals surface area contributed by atoms with E-state index in [4.69, 9.17) is 8.94 Å². The van der Waals surface area contributed by atoms with Crippen molar-refractivity contribution < 1.29 is 13.7 Å². The van der Waals surface area contributed by atoms with E-state index in [-0.39, 0.29) is 12.5 Å². The molecule has 0 atom stereocenters. The zero-order valence-electron chi connectivity index (χ0n) is 14.6. The molecule has 2 aromatic carbocycles. The average Bonchev–Trinajstić information content (AvgIpc) is 3.28. The maximum Gasteiger partial charge on any atom is 0.251 e. The van der Waals surface area contributed by atoms with Crippen LogP contribution >= 0.6 is 0 Å². The highest BCUT2D eigenvalue weighted by atomic mass is 16.5. The van der Waals surface area contributed by atoms with E-state index in [1.165, 1.54) is 0 Å². The van der Waals surface area contributed by atoms with Crippen LogP contribution in [0.4, 0.5) is 0 Å². The number of nitrogens with one attached hydrogen (secondary N) is 1. The minimum absolute atomic E-state index is 0.138.